The number of phenolic OH excluding ortho intramolecular Hbond substituents is 2. The molecule has 126 valence electrons. The first kappa shape index (κ1) is 16.3. The Morgan fingerprint density at radius 1 is 1.08 bits per heavy atom. The highest BCUT2D eigenvalue weighted by atomic mass is 16.3. The van der Waals surface area contributed by atoms with Gasteiger partial charge in [-0.15, -0.1) is 0 Å². The molecule has 24 heavy (non-hydrogen) atoms. The molecular weight excluding hydrogens is 310 g/mol. The van der Waals surface area contributed by atoms with E-state index >= 15 is 0 Å². The van der Waals surface area contributed by atoms with E-state index in [0.29, 0.717) is 18.5 Å². The van der Waals surface area contributed by atoms with E-state index in [1.807, 2.05) is 19.0 Å². The molecule has 0 amide bonds. The Hall–Kier alpha value is -2.57. The van der Waals surface area contributed by atoms with Crippen molar-refractivity contribution in [2.75, 3.05) is 20.6 Å². The fourth-order valence-electron chi connectivity index (χ4n) is 2.92. The zero-order valence-electron chi connectivity index (χ0n) is 13.5. The molecule has 2 aromatic carbocycles. The van der Waals surface area contributed by atoms with E-state index in [2.05, 4.69) is 0 Å². The monoisotopic (exact) mass is 329 g/mol. The number of phenols is 2. The van der Waals surface area contributed by atoms with E-state index in [-0.39, 0.29) is 33.4 Å². The van der Waals surface area contributed by atoms with E-state index in [1.54, 1.807) is 18.2 Å². The van der Waals surface area contributed by atoms with Gasteiger partial charge in [0.05, 0.1) is 6.10 Å². The van der Waals surface area contributed by atoms with Gasteiger partial charge in [-0.25, -0.2) is 0 Å². The number of rotatable bonds is 4. The smallest absolute Gasteiger partial charge is 0.208 e. The molecule has 0 saturated carbocycles. The molecule has 3 N–H and O–H groups in total. The Bertz CT molecular complexity index is 961. The van der Waals surface area contributed by atoms with Gasteiger partial charge in [-0.05, 0) is 50.3 Å². The van der Waals surface area contributed by atoms with Gasteiger partial charge in [0.1, 0.15) is 33.4 Å². The van der Waals surface area contributed by atoms with Crippen LogP contribution in [0.25, 0.3) is 21.9 Å². The Morgan fingerprint density at radius 3 is 2.50 bits per heavy atom. The second-order valence-corrected chi connectivity index (χ2v) is 6.19. The number of benzene rings is 2. The standard InChI is InChI=1S/C18H19NO5/c1-19(2)9-11(20)6-10-7-13(22)17-15(8-10)24-14-5-3-4-12(21)16(14)18(17)23/h3-5,7-8,11,20-22H,6,9H2,1-2H3. The van der Waals surface area contributed by atoms with Gasteiger partial charge in [-0.3, -0.25) is 4.79 Å². The minimum atomic E-state index is -0.604. The SMILES string of the molecule is CN(C)CC(O)Cc1cc(O)c2c(=O)c3c(O)cccc3oc2c1. The molecule has 0 aliphatic carbocycles. The number of hydrogen-bond donors (Lipinski definition) is 3. The maximum absolute atomic E-state index is 12.6. The van der Waals surface area contributed by atoms with Crippen LogP contribution in [-0.4, -0.2) is 47.0 Å². The molecule has 3 rings (SSSR count). The number of nitrogens with zero attached hydrogens (tertiary/aromatic N) is 1. The first-order valence-corrected chi connectivity index (χ1v) is 7.60. The summed E-state index contributed by atoms with van der Waals surface area (Å²) in [4.78, 5) is 14.4. The molecule has 0 radical (unpaired) electrons. The predicted octanol–water partition coefficient (Wildman–Crippen LogP) is 1.82. The summed E-state index contributed by atoms with van der Waals surface area (Å²) in [5, 5.41) is 30.2. The van der Waals surface area contributed by atoms with Crippen LogP contribution in [0.1, 0.15) is 5.56 Å². The summed E-state index contributed by atoms with van der Waals surface area (Å²) in [6.45, 7) is 0.480. The zero-order valence-corrected chi connectivity index (χ0v) is 13.5. The van der Waals surface area contributed by atoms with Crippen molar-refractivity contribution in [2.24, 2.45) is 0 Å². The third-order valence-electron chi connectivity index (χ3n) is 3.87. The molecular formula is C18H19NO5. The molecule has 0 fully saturated rings. The molecule has 0 aliphatic rings. The average Bonchev–Trinajstić information content (AvgIpc) is 2.45. The molecule has 0 saturated heterocycles. The summed E-state index contributed by atoms with van der Waals surface area (Å²) in [7, 11) is 3.72. The van der Waals surface area contributed by atoms with E-state index in [1.165, 1.54) is 12.1 Å². The largest absolute Gasteiger partial charge is 0.507 e. The van der Waals surface area contributed by atoms with Crippen LogP contribution < -0.4 is 5.43 Å². The third-order valence-corrected chi connectivity index (χ3v) is 3.87. The van der Waals surface area contributed by atoms with Gasteiger partial charge in [0, 0.05) is 6.54 Å². The molecule has 1 unspecified atom stereocenters. The van der Waals surface area contributed by atoms with Gasteiger partial charge in [0.15, 0.2) is 0 Å². The van der Waals surface area contributed by atoms with Crippen LogP contribution in [0.15, 0.2) is 39.5 Å². The Kier molecular flexibility index (Phi) is 4.17. The molecule has 1 atom stereocenters. The third kappa shape index (κ3) is 2.93. The van der Waals surface area contributed by atoms with Crippen molar-refractivity contribution in [2.45, 2.75) is 12.5 Å². The first-order chi connectivity index (χ1) is 11.4. The Balaban J connectivity index is 2.15. The van der Waals surface area contributed by atoms with Crippen LogP contribution >= 0.6 is 0 Å². The normalized spacial score (nSPS) is 13.0. The highest BCUT2D eigenvalue weighted by Gasteiger charge is 2.16. The number of aliphatic hydroxyl groups is 1. The van der Waals surface area contributed by atoms with Crippen LogP contribution in [0.2, 0.25) is 0 Å². The molecule has 3 aromatic rings. The highest BCUT2D eigenvalue weighted by Crippen LogP contribution is 2.30. The van der Waals surface area contributed by atoms with Crippen molar-refractivity contribution >= 4 is 21.9 Å². The van der Waals surface area contributed by atoms with E-state index in [0.717, 1.165) is 0 Å². The number of fused-ring (bicyclic) bond motifs is 2. The molecule has 6 nitrogen and oxygen atoms in total. The van der Waals surface area contributed by atoms with Crippen LogP contribution in [0.4, 0.5) is 0 Å². The fraction of sp³-hybridized carbons (Fsp3) is 0.278. The van der Waals surface area contributed by atoms with E-state index in [4.69, 9.17) is 4.42 Å². The lowest BCUT2D eigenvalue weighted by molar-refractivity contribution is 0.137. The lowest BCUT2D eigenvalue weighted by Crippen LogP contribution is -2.27. The Morgan fingerprint density at radius 2 is 1.79 bits per heavy atom. The summed E-state index contributed by atoms with van der Waals surface area (Å²) in [5.41, 5.74) is 0.655. The molecule has 6 heteroatoms. The summed E-state index contributed by atoms with van der Waals surface area (Å²) >= 11 is 0. The number of hydrogen-bond acceptors (Lipinski definition) is 6. The maximum Gasteiger partial charge on any atom is 0.208 e. The highest BCUT2D eigenvalue weighted by molar-refractivity contribution is 5.95. The second-order valence-electron chi connectivity index (χ2n) is 6.19. The topological polar surface area (TPSA) is 94.1 Å². The summed E-state index contributed by atoms with van der Waals surface area (Å²) < 4.78 is 5.68. The van der Waals surface area contributed by atoms with Crippen LogP contribution in [-0.2, 0) is 6.42 Å². The minimum Gasteiger partial charge on any atom is -0.507 e. The molecule has 1 aromatic heterocycles. The summed E-state index contributed by atoms with van der Waals surface area (Å²) in [5.74, 6) is -0.411. The predicted molar refractivity (Wildman–Crippen MR) is 91.6 cm³/mol. The maximum atomic E-state index is 12.6. The lowest BCUT2D eigenvalue weighted by Gasteiger charge is -2.16. The average molecular weight is 329 g/mol. The van der Waals surface area contributed by atoms with E-state index < -0.39 is 11.5 Å². The number of aromatic hydroxyl groups is 2. The van der Waals surface area contributed by atoms with Crippen molar-refractivity contribution in [1.29, 1.82) is 0 Å². The van der Waals surface area contributed by atoms with Crippen molar-refractivity contribution < 1.29 is 19.7 Å². The fourth-order valence-corrected chi connectivity index (χ4v) is 2.92. The number of likely N-dealkylation sites (N-methyl/N-ethyl adjacent to an activating group) is 1. The van der Waals surface area contributed by atoms with Gasteiger partial charge < -0.3 is 24.6 Å². The second kappa shape index (κ2) is 6.14. The Labute approximate surface area is 138 Å². The first-order valence-electron chi connectivity index (χ1n) is 7.60. The van der Waals surface area contributed by atoms with Gasteiger partial charge in [0.2, 0.25) is 5.43 Å². The zero-order chi connectivity index (χ0) is 17.4. The summed E-state index contributed by atoms with van der Waals surface area (Å²) in [6, 6.07) is 7.65. The molecule has 0 spiro atoms. The van der Waals surface area contributed by atoms with Crippen LogP contribution in [0.3, 0.4) is 0 Å². The van der Waals surface area contributed by atoms with E-state index in [9.17, 15) is 20.1 Å². The van der Waals surface area contributed by atoms with Gasteiger partial charge in [0.25, 0.3) is 0 Å². The quantitative estimate of drug-likeness (QED) is 0.632. The minimum absolute atomic E-state index is 0.0230. The molecule has 0 aliphatic heterocycles. The van der Waals surface area contributed by atoms with Gasteiger partial charge in [-0.1, -0.05) is 6.07 Å². The number of aliphatic hydroxyl groups excluding tert-OH is 1. The molecule has 1 heterocycles. The van der Waals surface area contributed by atoms with Crippen molar-refractivity contribution in [3.05, 3.63) is 46.1 Å². The summed E-state index contributed by atoms with van der Waals surface area (Å²) in [6.07, 6.45) is -0.281. The van der Waals surface area contributed by atoms with Crippen LogP contribution in [0.5, 0.6) is 11.5 Å². The van der Waals surface area contributed by atoms with Crippen LogP contribution in [0, 0.1) is 0 Å². The lowest BCUT2D eigenvalue weighted by atomic mass is 10.0. The van der Waals surface area contributed by atoms with Crippen molar-refractivity contribution in [3.8, 4) is 11.5 Å². The van der Waals surface area contributed by atoms with Gasteiger partial charge >= 0.3 is 0 Å². The molecule has 0 bridgehead atoms. The van der Waals surface area contributed by atoms with Crippen molar-refractivity contribution in [1.82, 2.24) is 4.90 Å². The van der Waals surface area contributed by atoms with Crippen molar-refractivity contribution in [3.63, 3.8) is 0 Å². The van der Waals surface area contributed by atoms with Gasteiger partial charge in [-0.2, -0.15) is 0 Å².